The van der Waals surface area contributed by atoms with E-state index in [1.807, 2.05) is 18.2 Å². The zero-order chi connectivity index (χ0) is 22.3. The minimum atomic E-state index is -0.316. The fraction of sp³-hybridized carbons (Fsp3) is 0.200. The van der Waals surface area contributed by atoms with Gasteiger partial charge in [-0.2, -0.15) is 0 Å². The first-order valence-electron chi connectivity index (χ1n) is 10.4. The number of hydrogen-bond donors (Lipinski definition) is 2. The highest BCUT2D eigenvalue weighted by Gasteiger charge is 2.12. The third kappa shape index (κ3) is 5.63. The van der Waals surface area contributed by atoms with Crippen molar-refractivity contribution in [2.24, 2.45) is 0 Å². The second kappa shape index (κ2) is 9.96. The summed E-state index contributed by atoms with van der Waals surface area (Å²) < 4.78 is 24.0. The molecular formula is C25H23FN2O4. The molecule has 0 aromatic heterocycles. The number of carbonyl (C=O) groups excluding carboxylic acids is 2. The Labute approximate surface area is 185 Å². The van der Waals surface area contributed by atoms with Gasteiger partial charge in [0.2, 0.25) is 5.91 Å². The van der Waals surface area contributed by atoms with Gasteiger partial charge in [-0.15, -0.1) is 0 Å². The van der Waals surface area contributed by atoms with Crippen LogP contribution in [0, 0.1) is 5.82 Å². The molecule has 4 rings (SSSR count). The van der Waals surface area contributed by atoms with Crippen molar-refractivity contribution in [3.05, 3.63) is 89.2 Å². The lowest BCUT2D eigenvalue weighted by Crippen LogP contribution is -2.22. The highest BCUT2D eigenvalue weighted by Crippen LogP contribution is 2.31. The quantitative estimate of drug-likeness (QED) is 0.587. The number of amides is 2. The van der Waals surface area contributed by atoms with E-state index in [2.05, 4.69) is 10.6 Å². The molecule has 6 nitrogen and oxygen atoms in total. The maximum atomic E-state index is 12.9. The average Bonchev–Trinajstić information content (AvgIpc) is 2.82. The number of hydrogen-bond acceptors (Lipinski definition) is 4. The molecule has 7 heteroatoms. The molecule has 0 unspecified atom stereocenters. The van der Waals surface area contributed by atoms with Gasteiger partial charge in [0.25, 0.3) is 5.91 Å². The first-order valence-corrected chi connectivity index (χ1v) is 10.4. The van der Waals surface area contributed by atoms with Crippen molar-refractivity contribution in [3.8, 4) is 11.5 Å². The number of nitrogens with one attached hydrogen (secondary N) is 2. The van der Waals surface area contributed by atoms with E-state index in [0.717, 1.165) is 16.9 Å². The lowest BCUT2D eigenvalue weighted by molar-refractivity contribution is -0.116. The van der Waals surface area contributed by atoms with Crippen LogP contribution in [0.4, 0.5) is 10.1 Å². The summed E-state index contributed by atoms with van der Waals surface area (Å²) in [5.41, 5.74) is 2.90. The van der Waals surface area contributed by atoms with Gasteiger partial charge in [-0.3, -0.25) is 9.59 Å². The number of aryl methyl sites for hydroxylation is 1. The molecule has 0 bridgehead atoms. The van der Waals surface area contributed by atoms with E-state index in [1.165, 1.54) is 12.1 Å². The molecule has 2 amide bonds. The van der Waals surface area contributed by atoms with Gasteiger partial charge in [-0.1, -0.05) is 18.2 Å². The highest BCUT2D eigenvalue weighted by molar-refractivity contribution is 5.95. The van der Waals surface area contributed by atoms with Crippen LogP contribution in [0.2, 0.25) is 0 Å². The molecule has 3 aromatic rings. The average molecular weight is 434 g/mol. The molecule has 0 radical (unpaired) electrons. The summed E-state index contributed by atoms with van der Waals surface area (Å²) in [6.45, 7) is 1.37. The first-order chi connectivity index (χ1) is 15.6. The predicted molar refractivity (Wildman–Crippen MR) is 118 cm³/mol. The molecule has 0 aliphatic carbocycles. The van der Waals surface area contributed by atoms with Crippen molar-refractivity contribution in [1.82, 2.24) is 5.32 Å². The van der Waals surface area contributed by atoms with Gasteiger partial charge in [0.1, 0.15) is 19.0 Å². The molecule has 0 saturated heterocycles. The molecule has 1 aliphatic rings. The zero-order valence-electron chi connectivity index (χ0n) is 17.4. The molecule has 3 aromatic carbocycles. The number of rotatable bonds is 7. The Morgan fingerprint density at radius 1 is 0.844 bits per heavy atom. The third-order valence-electron chi connectivity index (χ3n) is 5.04. The van der Waals surface area contributed by atoms with E-state index in [4.69, 9.17) is 9.47 Å². The molecular weight excluding hydrogens is 411 g/mol. The van der Waals surface area contributed by atoms with E-state index in [0.29, 0.717) is 49.6 Å². The fourth-order valence-corrected chi connectivity index (χ4v) is 3.32. The maximum absolute atomic E-state index is 12.9. The molecule has 1 aliphatic heterocycles. The topological polar surface area (TPSA) is 76.7 Å². The van der Waals surface area contributed by atoms with Crippen LogP contribution in [0.15, 0.2) is 66.7 Å². The summed E-state index contributed by atoms with van der Waals surface area (Å²) >= 11 is 0. The smallest absolute Gasteiger partial charge is 0.251 e. The van der Waals surface area contributed by atoms with Gasteiger partial charge in [-0.05, 0) is 66.1 Å². The highest BCUT2D eigenvalue weighted by atomic mass is 19.1. The zero-order valence-corrected chi connectivity index (χ0v) is 17.4. The summed E-state index contributed by atoms with van der Waals surface area (Å²) in [5, 5.41) is 5.63. The van der Waals surface area contributed by atoms with E-state index < -0.39 is 0 Å². The number of carbonyl (C=O) groups is 2. The summed E-state index contributed by atoms with van der Waals surface area (Å²) in [5.74, 6) is 0.761. The summed E-state index contributed by atoms with van der Waals surface area (Å²) in [6, 6.07) is 18.3. The second-order valence-corrected chi connectivity index (χ2v) is 7.41. The molecule has 0 atom stereocenters. The van der Waals surface area contributed by atoms with Gasteiger partial charge >= 0.3 is 0 Å². The lowest BCUT2D eigenvalue weighted by atomic mass is 10.1. The van der Waals surface area contributed by atoms with Crippen LogP contribution in [-0.2, 0) is 17.8 Å². The minimum Gasteiger partial charge on any atom is -0.486 e. The Kier molecular flexibility index (Phi) is 6.65. The van der Waals surface area contributed by atoms with Gasteiger partial charge in [0.15, 0.2) is 11.5 Å². The van der Waals surface area contributed by atoms with Crippen LogP contribution in [-0.4, -0.2) is 25.0 Å². The van der Waals surface area contributed by atoms with Crippen molar-refractivity contribution >= 4 is 17.5 Å². The number of anilines is 1. The number of benzene rings is 3. The van der Waals surface area contributed by atoms with Crippen LogP contribution in [0.3, 0.4) is 0 Å². The second-order valence-electron chi connectivity index (χ2n) is 7.41. The number of fused-ring (bicyclic) bond motifs is 1. The molecule has 2 N–H and O–H groups in total. The third-order valence-corrected chi connectivity index (χ3v) is 5.04. The molecule has 32 heavy (non-hydrogen) atoms. The summed E-state index contributed by atoms with van der Waals surface area (Å²) in [4.78, 5) is 24.6. The van der Waals surface area contributed by atoms with E-state index >= 15 is 0 Å². The Hall–Kier alpha value is -3.87. The summed E-state index contributed by atoms with van der Waals surface area (Å²) in [7, 11) is 0. The van der Waals surface area contributed by atoms with Crippen LogP contribution in [0.1, 0.15) is 27.9 Å². The number of halogens is 1. The Morgan fingerprint density at radius 3 is 2.28 bits per heavy atom. The molecule has 1 heterocycles. The van der Waals surface area contributed by atoms with E-state index in [9.17, 15) is 14.0 Å². The molecule has 0 spiro atoms. The molecule has 164 valence electrons. The van der Waals surface area contributed by atoms with E-state index in [-0.39, 0.29) is 17.6 Å². The standard InChI is InChI=1S/C25H23FN2O4/c26-20-7-1-18(2-8-20)16-27-25(30)19-5-9-21(10-6-19)28-24(29)12-4-17-3-11-22-23(15-17)32-14-13-31-22/h1-3,5-11,15H,4,12-14,16H2,(H,27,30)(H,28,29). The van der Waals surface area contributed by atoms with Crippen LogP contribution in [0.5, 0.6) is 11.5 Å². The van der Waals surface area contributed by atoms with Crippen molar-refractivity contribution in [2.75, 3.05) is 18.5 Å². The first kappa shape index (κ1) is 21.4. The van der Waals surface area contributed by atoms with Crippen molar-refractivity contribution in [2.45, 2.75) is 19.4 Å². The van der Waals surface area contributed by atoms with Crippen LogP contribution >= 0.6 is 0 Å². The summed E-state index contributed by atoms with van der Waals surface area (Å²) in [6.07, 6.45) is 0.895. The van der Waals surface area contributed by atoms with Gasteiger partial charge in [0.05, 0.1) is 0 Å². The van der Waals surface area contributed by atoms with Gasteiger partial charge in [0, 0.05) is 24.2 Å². The van der Waals surface area contributed by atoms with Gasteiger partial charge < -0.3 is 20.1 Å². The lowest BCUT2D eigenvalue weighted by Gasteiger charge is -2.18. The van der Waals surface area contributed by atoms with Crippen LogP contribution in [0.25, 0.3) is 0 Å². The predicted octanol–water partition coefficient (Wildman–Crippen LogP) is 4.10. The van der Waals surface area contributed by atoms with Gasteiger partial charge in [-0.25, -0.2) is 4.39 Å². The molecule has 0 fully saturated rings. The normalized spacial score (nSPS) is 12.2. The van der Waals surface area contributed by atoms with Crippen molar-refractivity contribution < 1.29 is 23.5 Å². The molecule has 0 saturated carbocycles. The van der Waals surface area contributed by atoms with Crippen molar-refractivity contribution in [3.63, 3.8) is 0 Å². The number of ether oxygens (including phenoxy) is 2. The Bertz CT molecular complexity index is 1100. The Morgan fingerprint density at radius 2 is 1.53 bits per heavy atom. The van der Waals surface area contributed by atoms with E-state index in [1.54, 1.807) is 36.4 Å². The Balaban J connectivity index is 1.25. The minimum absolute atomic E-state index is 0.117. The fourth-order valence-electron chi connectivity index (χ4n) is 3.32. The maximum Gasteiger partial charge on any atom is 0.251 e. The van der Waals surface area contributed by atoms with Crippen molar-refractivity contribution in [1.29, 1.82) is 0 Å². The SMILES string of the molecule is O=C(CCc1ccc2c(c1)OCCO2)Nc1ccc(C(=O)NCc2ccc(F)cc2)cc1. The van der Waals surface area contributed by atoms with Crippen LogP contribution < -0.4 is 20.1 Å². The largest absolute Gasteiger partial charge is 0.486 e. The monoisotopic (exact) mass is 434 g/mol.